The van der Waals surface area contributed by atoms with E-state index in [9.17, 15) is 14.7 Å². The zero-order chi connectivity index (χ0) is 15.6. The molecule has 21 heavy (non-hydrogen) atoms. The molecule has 0 radical (unpaired) electrons. The first-order valence-corrected chi connectivity index (χ1v) is 7.37. The van der Waals surface area contributed by atoms with Gasteiger partial charge >= 0.3 is 12.0 Å². The molecule has 6 nitrogen and oxygen atoms in total. The molecule has 2 rings (SSSR count). The van der Waals surface area contributed by atoms with Gasteiger partial charge in [-0.15, -0.1) is 0 Å². The quantitative estimate of drug-likeness (QED) is 0.849. The molecule has 1 aliphatic rings. The Morgan fingerprint density at radius 3 is 2.81 bits per heavy atom. The third kappa shape index (κ3) is 3.66. The van der Waals surface area contributed by atoms with Crippen molar-refractivity contribution in [3.05, 3.63) is 27.7 Å². The third-order valence-electron chi connectivity index (χ3n) is 3.31. The van der Waals surface area contributed by atoms with E-state index in [4.69, 9.17) is 16.3 Å². The first-order chi connectivity index (χ1) is 9.92. The number of carboxylic acid groups (broad SMARTS) is 1. The Hall–Kier alpha value is -1.31. The van der Waals surface area contributed by atoms with Gasteiger partial charge in [-0.2, -0.15) is 0 Å². The van der Waals surface area contributed by atoms with Gasteiger partial charge in [-0.25, -0.2) is 9.59 Å². The number of rotatable bonds is 3. The number of anilines is 1. The Labute approximate surface area is 135 Å². The third-order valence-corrected chi connectivity index (χ3v) is 4.53. The van der Waals surface area contributed by atoms with E-state index in [0.29, 0.717) is 15.2 Å². The number of carbonyl (C=O) groups is 2. The molecule has 8 heteroatoms. The molecular formula is C13H14BrClN2O4. The Morgan fingerprint density at radius 2 is 2.24 bits per heavy atom. The van der Waals surface area contributed by atoms with Gasteiger partial charge in [-0.1, -0.05) is 11.6 Å². The number of halogens is 2. The summed E-state index contributed by atoms with van der Waals surface area (Å²) in [7, 11) is 1.50. The van der Waals surface area contributed by atoms with Crippen LogP contribution in [0, 0.1) is 0 Å². The van der Waals surface area contributed by atoms with Crippen LogP contribution >= 0.6 is 27.5 Å². The normalized spacial score (nSPS) is 21.4. The summed E-state index contributed by atoms with van der Waals surface area (Å²) in [6, 6.07) is 3.57. The molecule has 0 spiro atoms. The molecule has 2 unspecified atom stereocenters. The first kappa shape index (κ1) is 16.1. The molecule has 0 saturated carbocycles. The van der Waals surface area contributed by atoms with Gasteiger partial charge in [0.05, 0.1) is 11.1 Å². The molecule has 2 N–H and O–H groups in total. The number of ether oxygens (including phenoxy) is 1. The van der Waals surface area contributed by atoms with E-state index in [1.807, 2.05) is 0 Å². The number of hydrogen-bond donors (Lipinski definition) is 2. The Balaban J connectivity index is 2.11. The highest BCUT2D eigenvalue weighted by Crippen LogP contribution is 2.27. The van der Waals surface area contributed by atoms with Crippen molar-refractivity contribution in [1.29, 1.82) is 0 Å². The number of aliphatic carboxylic acids is 1. The summed E-state index contributed by atoms with van der Waals surface area (Å²) in [5, 5.41) is 12.4. The Morgan fingerprint density at radius 1 is 1.52 bits per heavy atom. The zero-order valence-corrected chi connectivity index (χ0v) is 13.5. The van der Waals surface area contributed by atoms with Crippen LogP contribution in [0.15, 0.2) is 22.7 Å². The van der Waals surface area contributed by atoms with Gasteiger partial charge in [0.2, 0.25) is 0 Å². The average Bonchev–Trinajstić information content (AvgIpc) is 2.87. The maximum atomic E-state index is 12.2. The van der Waals surface area contributed by atoms with Crippen LogP contribution in [0.4, 0.5) is 10.5 Å². The van der Waals surface area contributed by atoms with Gasteiger partial charge in [-0.3, -0.25) is 0 Å². The molecule has 1 heterocycles. The molecule has 2 amide bonds. The number of likely N-dealkylation sites (tertiary alicyclic amines) is 1. The number of amides is 2. The fourth-order valence-electron chi connectivity index (χ4n) is 2.20. The lowest BCUT2D eigenvalue weighted by Crippen LogP contribution is -2.43. The lowest BCUT2D eigenvalue weighted by atomic mass is 10.2. The molecule has 0 bridgehead atoms. The number of methoxy groups -OCH3 is 1. The Bertz CT molecular complexity index is 569. The van der Waals surface area contributed by atoms with E-state index >= 15 is 0 Å². The number of benzene rings is 1. The zero-order valence-electron chi connectivity index (χ0n) is 11.2. The summed E-state index contributed by atoms with van der Waals surface area (Å²) < 4.78 is 5.79. The number of urea groups is 1. The van der Waals surface area contributed by atoms with Crippen LogP contribution in [0.5, 0.6) is 0 Å². The highest BCUT2D eigenvalue weighted by atomic mass is 79.9. The molecule has 114 valence electrons. The van der Waals surface area contributed by atoms with Gasteiger partial charge < -0.3 is 20.1 Å². The second-order valence-electron chi connectivity index (χ2n) is 4.66. The minimum absolute atomic E-state index is 0.244. The van der Waals surface area contributed by atoms with Gasteiger partial charge in [0.25, 0.3) is 0 Å². The Kier molecular flexibility index (Phi) is 5.08. The molecular weight excluding hydrogens is 364 g/mol. The van der Waals surface area contributed by atoms with Crippen LogP contribution in [0.25, 0.3) is 0 Å². The number of nitrogens with one attached hydrogen (secondary N) is 1. The number of carboxylic acids is 1. The lowest BCUT2D eigenvalue weighted by molar-refractivity contribution is -0.141. The topological polar surface area (TPSA) is 78.9 Å². The van der Waals surface area contributed by atoms with Crippen molar-refractivity contribution in [2.45, 2.75) is 18.6 Å². The number of nitrogens with zero attached hydrogens (tertiary/aromatic N) is 1. The molecule has 1 aromatic rings. The second-order valence-corrected chi connectivity index (χ2v) is 5.92. The van der Waals surface area contributed by atoms with E-state index in [-0.39, 0.29) is 19.1 Å². The van der Waals surface area contributed by atoms with Crippen LogP contribution in [0.2, 0.25) is 5.02 Å². The van der Waals surface area contributed by atoms with Gasteiger partial charge in [0.15, 0.2) is 0 Å². The van der Waals surface area contributed by atoms with Crippen molar-refractivity contribution in [3.8, 4) is 0 Å². The summed E-state index contributed by atoms with van der Waals surface area (Å²) in [5.74, 6) is -1.04. The van der Waals surface area contributed by atoms with E-state index in [1.54, 1.807) is 18.2 Å². The van der Waals surface area contributed by atoms with Crippen LogP contribution < -0.4 is 5.32 Å². The summed E-state index contributed by atoms with van der Waals surface area (Å²) in [6.45, 7) is 0.244. The van der Waals surface area contributed by atoms with Crippen molar-refractivity contribution in [1.82, 2.24) is 4.90 Å². The van der Waals surface area contributed by atoms with Crippen molar-refractivity contribution in [2.75, 3.05) is 19.0 Å². The van der Waals surface area contributed by atoms with Gasteiger partial charge in [0.1, 0.15) is 6.04 Å². The minimum atomic E-state index is -1.04. The fraction of sp³-hybridized carbons (Fsp3) is 0.385. The standard InChI is InChI=1S/C13H14BrClN2O4/c1-21-8-5-11(12(18)19)17(6-8)13(20)16-7-2-3-10(15)9(14)4-7/h2-4,8,11H,5-6H2,1H3,(H,16,20)(H,18,19). The van der Waals surface area contributed by atoms with Crippen LogP contribution in [0.3, 0.4) is 0 Å². The molecule has 2 atom stereocenters. The minimum Gasteiger partial charge on any atom is -0.480 e. The SMILES string of the molecule is COC1CC(C(=O)O)N(C(=O)Nc2ccc(Cl)c(Br)c2)C1. The van der Waals surface area contributed by atoms with Crippen LogP contribution in [-0.4, -0.2) is 47.8 Å². The van der Waals surface area contributed by atoms with Crippen molar-refractivity contribution >= 4 is 45.2 Å². The fourth-order valence-corrected chi connectivity index (χ4v) is 2.69. The predicted octanol–water partition coefficient (Wildman–Crippen LogP) is 2.81. The van der Waals surface area contributed by atoms with Gasteiger partial charge in [0, 0.05) is 30.2 Å². The van der Waals surface area contributed by atoms with Crippen LogP contribution in [0.1, 0.15) is 6.42 Å². The maximum absolute atomic E-state index is 12.2. The summed E-state index contributed by atoms with van der Waals surface area (Å²) in [5.41, 5.74) is 0.529. The molecule has 1 aliphatic heterocycles. The van der Waals surface area contributed by atoms with E-state index in [0.717, 1.165) is 0 Å². The van der Waals surface area contributed by atoms with E-state index in [1.165, 1.54) is 12.0 Å². The lowest BCUT2D eigenvalue weighted by Gasteiger charge is -2.21. The summed E-state index contributed by atoms with van der Waals surface area (Å²) >= 11 is 9.15. The van der Waals surface area contributed by atoms with Crippen molar-refractivity contribution < 1.29 is 19.4 Å². The monoisotopic (exact) mass is 376 g/mol. The molecule has 1 saturated heterocycles. The highest BCUT2D eigenvalue weighted by Gasteiger charge is 2.39. The predicted molar refractivity (Wildman–Crippen MR) is 81.7 cm³/mol. The number of carbonyl (C=O) groups excluding carboxylic acids is 1. The summed E-state index contributed by atoms with van der Waals surface area (Å²) in [6.07, 6.45) is 0.0117. The first-order valence-electron chi connectivity index (χ1n) is 6.20. The average molecular weight is 378 g/mol. The molecule has 1 fully saturated rings. The van der Waals surface area contributed by atoms with E-state index in [2.05, 4.69) is 21.2 Å². The largest absolute Gasteiger partial charge is 0.480 e. The van der Waals surface area contributed by atoms with Crippen molar-refractivity contribution in [2.24, 2.45) is 0 Å². The smallest absolute Gasteiger partial charge is 0.326 e. The summed E-state index contributed by atoms with van der Waals surface area (Å²) in [4.78, 5) is 24.7. The molecule has 0 aromatic heterocycles. The van der Waals surface area contributed by atoms with Gasteiger partial charge in [-0.05, 0) is 34.1 Å². The second kappa shape index (κ2) is 6.64. The molecule has 0 aliphatic carbocycles. The highest BCUT2D eigenvalue weighted by molar-refractivity contribution is 9.10. The van der Waals surface area contributed by atoms with Crippen molar-refractivity contribution in [3.63, 3.8) is 0 Å². The molecule has 1 aromatic carbocycles. The number of hydrogen-bond acceptors (Lipinski definition) is 3. The van der Waals surface area contributed by atoms with E-state index < -0.39 is 18.0 Å². The van der Waals surface area contributed by atoms with Crippen LogP contribution in [-0.2, 0) is 9.53 Å². The maximum Gasteiger partial charge on any atom is 0.326 e.